The smallest absolute Gasteiger partial charge is 0.224 e. The van der Waals surface area contributed by atoms with Crippen molar-refractivity contribution in [3.8, 4) is 5.82 Å². The standard InChI is InChI=1S/C11H10ClF3N4/c1-2-3-8-9(12)16-6-17-10(8)19-5-7(4-18-19)11(13,14)15/h4-6H,2-3H2,1H3. The zero-order valence-electron chi connectivity index (χ0n) is 9.95. The van der Waals surface area contributed by atoms with Crippen LogP contribution >= 0.6 is 11.6 Å². The number of halogens is 4. The van der Waals surface area contributed by atoms with E-state index < -0.39 is 11.7 Å². The molecule has 0 aliphatic carbocycles. The van der Waals surface area contributed by atoms with Gasteiger partial charge in [0.25, 0.3) is 0 Å². The third kappa shape index (κ3) is 2.86. The van der Waals surface area contributed by atoms with Crippen molar-refractivity contribution in [1.29, 1.82) is 0 Å². The van der Waals surface area contributed by atoms with Gasteiger partial charge in [-0.2, -0.15) is 18.3 Å². The molecule has 4 nitrogen and oxygen atoms in total. The molecule has 2 aromatic rings. The van der Waals surface area contributed by atoms with Gasteiger partial charge in [-0.1, -0.05) is 24.9 Å². The average molecular weight is 291 g/mol. The molecule has 102 valence electrons. The lowest BCUT2D eigenvalue weighted by molar-refractivity contribution is -0.137. The van der Waals surface area contributed by atoms with Crippen LogP contribution < -0.4 is 0 Å². The van der Waals surface area contributed by atoms with Crippen molar-refractivity contribution in [2.24, 2.45) is 0 Å². The van der Waals surface area contributed by atoms with E-state index in [9.17, 15) is 13.2 Å². The lowest BCUT2D eigenvalue weighted by Crippen LogP contribution is -2.06. The first kappa shape index (κ1) is 13.8. The number of nitrogens with zero attached hydrogens (tertiary/aromatic N) is 4. The molecule has 2 rings (SSSR count). The van der Waals surface area contributed by atoms with E-state index in [1.807, 2.05) is 6.92 Å². The maximum Gasteiger partial charge on any atom is 0.419 e. The van der Waals surface area contributed by atoms with Gasteiger partial charge in [-0.15, -0.1) is 0 Å². The van der Waals surface area contributed by atoms with E-state index in [0.29, 0.717) is 12.0 Å². The van der Waals surface area contributed by atoms with E-state index in [1.165, 1.54) is 6.33 Å². The Morgan fingerprint density at radius 2 is 2.05 bits per heavy atom. The van der Waals surface area contributed by atoms with Crippen LogP contribution in [-0.2, 0) is 12.6 Å². The predicted octanol–water partition coefficient (Wildman–Crippen LogP) is 3.29. The van der Waals surface area contributed by atoms with Gasteiger partial charge >= 0.3 is 6.18 Å². The summed E-state index contributed by atoms with van der Waals surface area (Å²) in [5, 5.41) is 3.92. The van der Waals surface area contributed by atoms with Crippen molar-refractivity contribution in [3.63, 3.8) is 0 Å². The van der Waals surface area contributed by atoms with Crippen LogP contribution in [-0.4, -0.2) is 19.7 Å². The molecular weight excluding hydrogens is 281 g/mol. The van der Waals surface area contributed by atoms with Gasteiger partial charge in [0, 0.05) is 11.8 Å². The molecule has 0 fully saturated rings. The quantitative estimate of drug-likeness (QED) is 0.815. The zero-order valence-corrected chi connectivity index (χ0v) is 10.7. The summed E-state index contributed by atoms with van der Waals surface area (Å²) in [5.74, 6) is 0.275. The summed E-state index contributed by atoms with van der Waals surface area (Å²) in [6, 6.07) is 0. The van der Waals surface area contributed by atoms with Crippen LogP contribution in [0.4, 0.5) is 13.2 Å². The van der Waals surface area contributed by atoms with Gasteiger partial charge in [0.05, 0.1) is 11.8 Å². The SMILES string of the molecule is CCCc1c(Cl)ncnc1-n1cc(C(F)(F)F)cn1. The highest BCUT2D eigenvalue weighted by molar-refractivity contribution is 6.30. The lowest BCUT2D eigenvalue weighted by atomic mass is 10.2. The Hall–Kier alpha value is -1.63. The molecule has 0 spiro atoms. The van der Waals surface area contributed by atoms with Gasteiger partial charge in [0.1, 0.15) is 11.5 Å². The third-order valence-electron chi connectivity index (χ3n) is 2.50. The zero-order chi connectivity index (χ0) is 14.0. The van der Waals surface area contributed by atoms with Gasteiger partial charge in [0.2, 0.25) is 0 Å². The van der Waals surface area contributed by atoms with E-state index in [4.69, 9.17) is 11.6 Å². The van der Waals surface area contributed by atoms with E-state index in [0.717, 1.165) is 23.5 Å². The Morgan fingerprint density at radius 3 is 2.63 bits per heavy atom. The molecule has 0 unspecified atom stereocenters. The van der Waals surface area contributed by atoms with Gasteiger partial charge in [-0.3, -0.25) is 0 Å². The molecular formula is C11H10ClF3N4. The van der Waals surface area contributed by atoms with E-state index in [2.05, 4.69) is 15.1 Å². The van der Waals surface area contributed by atoms with Crippen LogP contribution in [0.5, 0.6) is 0 Å². The second kappa shape index (κ2) is 5.16. The van der Waals surface area contributed by atoms with Crippen LogP contribution in [0.1, 0.15) is 24.5 Å². The number of rotatable bonds is 3. The van der Waals surface area contributed by atoms with Crippen molar-refractivity contribution in [3.05, 3.63) is 35.0 Å². The molecule has 8 heteroatoms. The Morgan fingerprint density at radius 1 is 1.32 bits per heavy atom. The molecule has 0 bridgehead atoms. The van der Waals surface area contributed by atoms with Crippen molar-refractivity contribution in [2.75, 3.05) is 0 Å². The highest BCUT2D eigenvalue weighted by Gasteiger charge is 2.32. The summed E-state index contributed by atoms with van der Waals surface area (Å²) in [5.41, 5.74) is -0.242. The minimum Gasteiger partial charge on any atom is -0.224 e. The lowest BCUT2D eigenvalue weighted by Gasteiger charge is -2.08. The Labute approximate surface area is 112 Å². The molecule has 0 aliphatic heterocycles. The Bertz CT molecular complexity index is 580. The fraction of sp³-hybridized carbons (Fsp3) is 0.364. The van der Waals surface area contributed by atoms with Crippen molar-refractivity contribution < 1.29 is 13.2 Å². The van der Waals surface area contributed by atoms with Crippen molar-refractivity contribution >= 4 is 11.6 Å². The second-order valence-electron chi connectivity index (χ2n) is 3.89. The highest BCUT2D eigenvalue weighted by Crippen LogP contribution is 2.29. The molecule has 0 N–H and O–H groups in total. The second-order valence-corrected chi connectivity index (χ2v) is 4.25. The van der Waals surface area contributed by atoms with Gasteiger partial charge in [-0.25, -0.2) is 14.6 Å². The summed E-state index contributed by atoms with van der Waals surface area (Å²) in [6.07, 6.45) is -0.251. The molecule has 0 aliphatic rings. The van der Waals surface area contributed by atoms with E-state index in [1.54, 1.807) is 0 Å². The summed E-state index contributed by atoms with van der Waals surface area (Å²) in [7, 11) is 0. The predicted molar refractivity (Wildman–Crippen MR) is 63.2 cm³/mol. The Balaban J connectivity index is 2.47. The molecule has 19 heavy (non-hydrogen) atoms. The van der Waals surface area contributed by atoms with Crippen molar-refractivity contribution in [2.45, 2.75) is 25.9 Å². The van der Waals surface area contributed by atoms with E-state index in [-0.39, 0.29) is 11.0 Å². The first-order valence-corrected chi connectivity index (χ1v) is 5.93. The van der Waals surface area contributed by atoms with Crippen LogP contribution in [0.2, 0.25) is 5.15 Å². The third-order valence-corrected chi connectivity index (χ3v) is 2.82. The van der Waals surface area contributed by atoms with Gasteiger partial charge in [-0.05, 0) is 6.42 Å². The van der Waals surface area contributed by atoms with Gasteiger partial charge in [0.15, 0.2) is 5.82 Å². The maximum atomic E-state index is 12.5. The molecule has 0 atom stereocenters. The topological polar surface area (TPSA) is 43.6 Å². The number of aromatic nitrogens is 4. The monoisotopic (exact) mass is 290 g/mol. The minimum atomic E-state index is -4.43. The van der Waals surface area contributed by atoms with Crippen LogP contribution in [0.15, 0.2) is 18.7 Å². The summed E-state index contributed by atoms with van der Waals surface area (Å²) in [4.78, 5) is 7.79. The van der Waals surface area contributed by atoms with Crippen LogP contribution in [0.3, 0.4) is 0 Å². The van der Waals surface area contributed by atoms with E-state index >= 15 is 0 Å². The normalized spacial score (nSPS) is 11.8. The molecule has 0 radical (unpaired) electrons. The maximum absolute atomic E-state index is 12.5. The molecule has 0 saturated carbocycles. The Kier molecular flexibility index (Phi) is 3.75. The summed E-state index contributed by atoms with van der Waals surface area (Å²) in [6.45, 7) is 1.93. The van der Waals surface area contributed by atoms with Crippen LogP contribution in [0.25, 0.3) is 5.82 Å². The first-order chi connectivity index (χ1) is 8.93. The molecule has 0 amide bonds. The average Bonchev–Trinajstić information content (AvgIpc) is 2.81. The molecule has 0 aromatic carbocycles. The first-order valence-electron chi connectivity index (χ1n) is 5.55. The number of hydrogen-bond acceptors (Lipinski definition) is 3. The summed E-state index contributed by atoms with van der Waals surface area (Å²) < 4.78 is 38.7. The number of hydrogen-bond donors (Lipinski definition) is 0. The number of alkyl halides is 3. The minimum absolute atomic E-state index is 0.232. The molecule has 0 saturated heterocycles. The molecule has 2 heterocycles. The fourth-order valence-electron chi connectivity index (χ4n) is 1.63. The van der Waals surface area contributed by atoms with Gasteiger partial charge < -0.3 is 0 Å². The fourth-order valence-corrected chi connectivity index (χ4v) is 1.85. The van der Waals surface area contributed by atoms with Crippen LogP contribution in [0, 0.1) is 0 Å². The van der Waals surface area contributed by atoms with Crippen molar-refractivity contribution in [1.82, 2.24) is 19.7 Å². The largest absolute Gasteiger partial charge is 0.419 e. The molecule has 2 aromatic heterocycles. The highest BCUT2D eigenvalue weighted by atomic mass is 35.5. The summed E-state index contributed by atoms with van der Waals surface area (Å²) >= 11 is 5.94.